The largest absolute Gasteiger partial charge is 0.330 e. The lowest BCUT2D eigenvalue weighted by atomic mass is 9.79. The summed E-state index contributed by atoms with van der Waals surface area (Å²) in [5.74, 6) is 0.532. The summed E-state index contributed by atoms with van der Waals surface area (Å²) in [7, 11) is 0. The maximum atomic E-state index is 12.8. The Morgan fingerprint density at radius 3 is 2.29 bits per heavy atom. The summed E-state index contributed by atoms with van der Waals surface area (Å²) in [6, 6.07) is 5.84. The number of carbonyl (C=O) groups is 1. The van der Waals surface area contributed by atoms with Crippen molar-refractivity contribution in [2.45, 2.75) is 25.7 Å². The second-order valence-electron chi connectivity index (χ2n) is 4.82. The first-order valence-electron chi connectivity index (χ1n) is 6.20. The Kier molecular flexibility index (Phi) is 3.89. The maximum absolute atomic E-state index is 12.8. The van der Waals surface area contributed by atoms with Crippen molar-refractivity contribution in [3.8, 4) is 0 Å². The lowest BCUT2D eigenvalue weighted by molar-refractivity contribution is 0.0873. The number of hydrogen-bond acceptors (Lipinski definition) is 2. The molecule has 1 aliphatic carbocycles. The Hall–Kier alpha value is -1.22. The van der Waals surface area contributed by atoms with Gasteiger partial charge in [-0.3, -0.25) is 4.79 Å². The predicted octanol–water partition coefficient (Wildman–Crippen LogP) is 2.77. The highest BCUT2D eigenvalue weighted by Crippen LogP contribution is 2.30. The molecule has 2 N–H and O–H groups in total. The van der Waals surface area contributed by atoms with E-state index in [9.17, 15) is 9.18 Å². The normalized spacial score (nSPS) is 24.6. The summed E-state index contributed by atoms with van der Waals surface area (Å²) < 4.78 is 12.8. The minimum atomic E-state index is -0.298. The summed E-state index contributed by atoms with van der Waals surface area (Å²) >= 11 is 0. The molecule has 92 valence electrons. The Bertz CT molecular complexity index is 380. The van der Waals surface area contributed by atoms with E-state index in [4.69, 9.17) is 5.73 Å². The van der Waals surface area contributed by atoms with Crippen LogP contribution in [0.1, 0.15) is 36.0 Å². The van der Waals surface area contributed by atoms with E-state index >= 15 is 0 Å². The van der Waals surface area contributed by atoms with E-state index in [0.717, 1.165) is 32.2 Å². The summed E-state index contributed by atoms with van der Waals surface area (Å²) in [5.41, 5.74) is 6.25. The van der Waals surface area contributed by atoms with E-state index in [1.807, 2.05) is 0 Å². The van der Waals surface area contributed by atoms with Crippen LogP contribution in [0.5, 0.6) is 0 Å². The number of Topliss-reactive ketones (excluding diaryl/α,β-unsaturated/α-hetero) is 1. The molecule has 17 heavy (non-hydrogen) atoms. The van der Waals surface area contributed by atoms with E-state index in [-0.39, 0.29) is 17.5 Å². The van der Waals surface area contributed by atoms with Crippen LogP contribution in [-0.2, 0) is 0 Å². The molecule has 0 heterocycles. The van der Waals surface area contributed by atoms with Crippen LogP contribution in [0, 0.1) is 17.7 Å². The average molecular weight is 235 g/mol. The lowest BCUT2D eigenvalue weighted by Crippen LogP contribution is -2.25. The van der Waals surface area contributed by atoms with E-state index in [1.54, 1.807) is 12.1 Å². The third kappa shape index (κ3) is 2.91. The molecule has 0 unspecified atom stereocenters. The van der Waals surface area contributed by atoms with Crippen LogP contribution in [0.4, 0.5) is 4.39 Å². The van der Waals surface area contributed by atoms with Gasteiger partial charge in [0.25, 0.3) is 0 Å². The molecular weight excluding hydrogens is 217 g/mol. The van der Waals surface area contributed by atoms with Crippen molar-refractivity contribution >= 4 is 5.78 Å². The van der Waals surface area contributed by atoms with Crippen molar-refractivity contribution in [2.24, 2.45) is 17.6 Å². The van der Waals surface area contributed by atoms with E-state index in [2.05, 4.69) is 0 Å². The van der Waals surface area contributed by atoms with Crippen molar-refractivity contribution in [3.63, 3.8) is 0 Å². The molecule has 1 aliphatic rings. The number of hydrogen-bond donors (Lipinski definition) is 1. The molecule has 0 spiro atoms. The van der Waals surface area contributed by atoms with Crippen molar-refractivity contribution in [2.75, 3.05) is 6.54 Å². The first kappa shape index (κ1) is 12.2. The first-order valence-corrected chi connectivity index (χ1v) is 6.20. The van der Waals surface area contributed by atoms with Gasteiger partial charge >= 0.3 is 0 Å². The first-order chi connectivity index (χ1) is 8.20. The molecule has 1 fully saturated rings. The maximum Gasteiger partial charge on any atom is 0.165 e. The van der Waals surface area contributed by atoms with Gasteiger partial charge in [-0.15, -0.1) is 0 Å². The van der Waals surface area contributed by atoms with Gasteiger partial charge < -0.3 is 5.73 Å². The van der Waals surface area contributed by atoms with Crippen molar-refractivity contribution in [1.29, 1.82) is 0 Å². The Balaban J connectivity index is 1.99. The zero-order valence-corrected chi connectivity index (χ0v) is 9.86. The molecule has 0 aliphatic heterocycles. The molecular formula is C14H18FNO. The van der Waals surface area contributed by atoms with Crippen molar-refractivity contribution in [3.05, 3.63) is 35.6 Å². The van der Waals surface area contributed by atoms with Gasteiger partial charge in [-0.05, 0) is 62.4 Å². The molecule has 1 aromatic carbocycles. The van der Waals surface area contributed by atoms with Crippen LogP contribution in [0.25, 0.3) is 0 Å². The van der Waals surface area contributed by atoms with Crippen molar-refractivity contribution in [1.82, 2.24) is 0 Å². The molecule has 2 nitrogen and oxygen atoms in total. The molecule has 0 aromatic heterocycles. The van der Waals surface area contributed by atoms with Crippen LogP contribution in [-0.4, -0.2) is 12.3 Å². The number of carbonyl (C=O) groups excluding carboxylic acids is 1. The van der Waals surface area contributed by atoms with E-state index < -0.39 is 0 Å². The second kappa shape index (κ2) is 5.41. The van der Waals surface area contributed by atoms with Crippen LogP contribution in [0.3, 0.4) is 0 Å². The van der Waals surface area contributed by atoms with Gasteiger partial charge in [0.15, 0.2) is 5.78 Å². The van der Waals surface area contributed by atoms with E-state index in [1.165, 1.54) is 12.1 Å². The monoisotopic (exact) mass is 235 g/mol. The highest BCUT2D eigenvalue weighted by molar-refractivity contribution is 5.97. The number of nitrogens with two attached hydrogens (primary N) is 1. The van der Waals surface area contributed by atoms with Crippen LogP contribution in [0.15, 0.2) is 24.3 Å². The molecule has 0 bridgehead atoms. The zero-order chi connectivity index (χ0) is 12.3. The highest BCUT2D eigenvalue weighted by Gasteiger charge is 2.26. The standard InChI is InChI=1S/C14H18FNO/c15-13-7-5-12(6-8-13)14(17)11-3-1-10(9-16)2-4-11/h5-8,10-11H,1-4,9,16H2. The van der Waals surface area contributed by atoms with Gasteiger partial charge in [0.05, 0.1) is 0 Å². The molecule has 0 atom stereocenters. The highest BCUT2D eigenvalue weighted by atomic mass is 19.1. The van der Waals surface area contributed by atoms with Gasteiger partial charge in [-0.1, -0.05) is 0 Å². The van der Waals surface area contributed by atoms with Gasteiger partial charge in [-0.2, -0.15) is 0 Å². The molecule has 0 radical (unpaired) electrons. The van der Waals surface area contributed by atoms with Crippen LogP contribution in [0.2, 0.25) is 0 Å². The van der Waals surface area contributed by atoms with Crippen molar-refractivity contribution < 1.29 is 9.18 Å². The second-order valence-corrected chi connectivity index (χ2v) is 4.82. The van der Waals surface area contributed by atoms with E-state index in [0.29, 0.717) is 11.5 Å². The Morgan fingerprint density at radius 2 is 1.76 bits per heavy atom. The fourth-order valence-electron chi connectivity index (χ4n) is 2.51. The SMILES string of the molecule is NCC1CCC(C(=O)c2ccc(F)cc2)CC1. The van der Waals surface area contributed by atoms with Gasteiger partial charge in [0, 0.05) is 11.5 Å². The zero-order valence-electron chi connectivity index (χ0n) is 9.86. The predicted molar refractivity (Wildman–Crippen MR) is 65.2 cm³/mol. The summed E-state index contributed by atoms with van der Waals surface area (Å²) in [5, 5.41) is 0. The average Bonchev–Trinajstić information content (AvgIpc) is 2.39. The minimum absolute atomic E-state index is 0.100. The molecule has 1 aromatic rings. The number of ketones is 1. The van der Waals surface area contributed by atoms with Gasteiger partial charge in [0.1, 0.15) is 5.82 Å². The third-order valence-electron chi connectivity index (χ3n) is 3.68. The summed E-state index contributed by atoms with van der Waals surface area (Å²) in [4.78, 5) is 12.2. The smallest absolute Gasteiger partial charge is 0.165 e. The molecule has 2 rings (SSSR count). The van der Waals surface area contributed by atoms with Crippen LogP contribution < -0.4 is 5.73 Å². The lowest BCUT2D eigenvalue weighted by Gasteiger charge is -2.26. The Morgan fingerprint density at radius 1 is 1.18 bits per heavy atom. The fourth-order valence-corrected chi connectivity index (χ4v) is 2.51. The number of halogens is 1. The minimum Gasteiger partial charge on any atom is -0.330 e. The number of rotatable bonds is 3. The Labute approximate surface area is 101 Å². The van der Waals surface area contributed by atoms with Gasteiger partial charge in [0.2, 0.25) is 0 Å². The topological polar surface area (TPSA) is 43.1 Å². The molecule has 0 saturated heterocycles. The fraction of sp³-hybridized carbons (Fsp3) is 0.500. The third-order valence-corrected chi connectivity index (χ3v) is 3.68. The molecule has 1 saturated carbocycles. The van der Waals surface area contributed by atoms with Crippen LogP contribution >= 0.6 is 0 Å². The quantitative estimate of drug-likeness (QED) is 0.819. The number of benzene rings is 1. The summed E-state index contributed by atoms with van der Waals surface area (Å²) in [6.07, 6.45) is 3.90. The summed E-state index contributed by atoms with van der Waals surface area (Å²) in [6.45, 7) is 0.720. The molecule has 3 heteroatoms. The molecule has 0 amide bonds. The van der Waals surface area contributed by atoms with Gasteiger partial charge in [-0.25, -0.2) is 4.39 Å².